The normalized spacial score (nSPS) is 16.4. The van der Waals surface area contributed by atoms with Gasteiger partial charge in [0.2, 0.25) is 0 Å². The summed E-state index contributed by atoms with van der Waals surface area (Å²) in [6.45, 7) is 3.82. The number of aliphatic hydroxyl groups excluding tert-OH is 1. The topological polar surface area (TPSA) is 79.2 Å². The number of rotatable bonds is 3. The summed E-state index contributed by atoms with van der Waals surface area (Å²) < 4.78 is 0. The van der Waals surface area contributed by atoms with Gasteiger partial charge in [-0.15, -0.1) is 0 Å². The van der Waals surface area contributed by atoms with Crippen molar-refractivity contribution in [3.05, 3.63) is 60.1 Å². The molecule has 2 heterocycles. The predicted molar refractivity (Wildman–Crippen MR) is 111 cm³/mol. The zero-order valence-corrected chi connectivity index (χ0v) is 15.9. The summed E-state index contributed by atoms with van der Waals surface area (Å²) in [4.78, 5) is 11.7. The molecular formula is C21H23N5O. The molecule has 27 heavy (non-hydrogen) atoms. The highest BCUT2D eigenvalue weighted by Crippen LogP contribution is 2.42. The van der Waals surface area contributed by atoms with E-state index in [1.807, 2.05) is 86.3 Å². The van der Waals surface area contributed by atoms with Crippen molar-refractivity contribution in [1.29, 1.82) is 5.41 Å². The molecule has 0 spiro atoms. The lowest BCUT2D eigenvalue weighted by molar-refractivity contribution is 0.334. The van der Waals surface area contributed by atoms with Crippen LogP contribution in [0.1, 0.15) is 19.7 Å². The molecule has 6 nitrogen and oxygen atoms in total. The minimum atomic E-state index is -0.754. The number of benzene rings is 2. The minimum Gasteiger partial charge on any atom is -0.509 e. The molecular weight excluding hydrogens is 338 g/mol. The molecule has 0 unspecified atom stereocenters. The van der Waals surface area contributed by atoms with Crippen LogP contribution in [0.25, 0.3) is 16.6 Å². The van der Waals surface area contributed by atoms with E-state index in [-0.39, 0.29) is 11.6 Å². The molecule has 3 aromatic rings. The Kier molecular flexibility index (Phi) is 3.73. The Morgan fingerprint density at radius 1 is 1.11 bits per heavy atom. The summed E-state index contributed by atoms with van der Waals surface area (Å²) in [7, 11) is 3.96. The third kappa shape index (κ3) is 2.56. The summed E-state index contributed by atoms with van der Waals surface area (Å²) in [5.41, 5.74) is 3.27. The zero-order chi connectivity index (χ0) is 19.3. The molecule has 0 saturated heterocycles. The Labute approximate surface area is 158 Å². The fourth-order valence-corrected chi connectivity index (χ4v) is 3.57. The average Bonchev–Trinajstić information content (AvgIpc) is 3.12. The molecule has 6 heteroatoms. The largest absolute Gasteiger partial charge is 0.509 e. The van der Waals surface area contributed by atoms with Crippen molar-refractivity contribution >= 4 is 33.8 Å². The average molecular weight is 361 g/mol. The first-order chi connectivity index (χ1) is 12.8. The molecule has 1 aromatic heterocycles. The fraction of sp³-hybridized carbons (Fsp3) is 0.238. The summed E-state index contributed by atoms with van der Waals surface area (Å²) >= 11 is 0. The molecule has 3 N–H and O–H groups in total. The van der Waals surface area contributed by atoms with Crippen LogP contribution in [0.4, 0.5) is 11.4 Å². The number of imidazole rings is 1. The lowest BCUT2D eigenvalue weighted by Crippen LogP contribution is -2.43. The van der Waals surface area contributed by atoms with Crippen molar-refractivity contribution in [1.82, 2.24) is 9.97 Å². The van der Waals surface area contributed by atoms with Crippen LogP contribution in [0.5, 0.6) is 0 Å². The molecule has 0 bridgehead atoms. The number of para-hydroxylation sites is 2. The molecule has 1 aliphatic heterocycles. The summed E-state index contributed by atoms with van der Waals surface area (Å²) in [6, 6.07) is 15.7. The Hall–Kier alpha value is -3.28. The van der Waals surface area contributed by atoms with Gasteiger partial charge in [0.1, 0.15) is 17.4 Å². The number of aromatic amines is 1. The third-order valence-electron chi connectivity index (χ3n) is 5.07. The van der Waals surface area contributed by atoms with Crippen LogP contribution in [-0.4, -0.2) is 40.5 Å². The van der Waals surface area contributed by atoms with E-state index in [2.05, 4.69) is 9.97 Å². The first-order valence-electron chi connectivity index (χ1n) is 8.86. The van der Waals surface area contributed by atoms with Gasteiger partial charge in [-0.25, -0.2) is 4.98 Å². The van der Waals surface area contributed by atoms with Crippen LogP contribution < -0.4 is 9.80 Å². The van der Waals surface area contributed by atoms with Crippen molar-refractivity contribution in [2.75, 3.05) is 23.9 Å². The number of amidine groups is 1. The SMILES string of the molecule is CN(C)c1cccc(N2C(=N)C(c3nc4ccccc4[nH]3)=C(O)C2(C)C)c1. The molecule has 0 atom stereocenters. The van der Waals surface area contributed by atoms with E-state index in [1.165, 1.54) is 0 Å². The van der Waals surface area contributed by atoms with E-state index in [9.17, 15) is 5.11 Å². The first-order valence-corrected chi connectivity index (χ1v) is 8.86. The number of aliphatic hydroxyl groups is 1. The second-order valence-corrected chi connectivity index (χ2v) is 7.48. The number of fused-ring (bicyclic) bond motifs is 1. The highest BCUT2D eigenvalue weighted by molar-refractivity contribution is 6.31. The lowest BCUT2D eigenvalue weighted by Gasteiger charge is -2.34. The number of hydrogen-bond acceptors (Lipinski definition) is 4. The van der Waals surface area contributed by atoms with E-state index in [0.717, 1.165) is 22.4 Å². The second-order valence-electron chi connectivity index (χ2n) is 7.48. The highest BCUT2D eigenvalue weighted by Gasteiger charge is 2.45. The standard InChI is InChI=1S/C21H23N5O/c1-21(2)18(27)17(20-23-15-10-5-6-11-16(15)24-20)19(22)26(21)14-9-7-8-13(12-14)25(3)4/h5-12,22,27H,1-4H3,(H,23,24). The summed E-state index contributed by atoms with van der Waals surface area (Å²) in [5.74, 6) is 0.882. The van der Waals surface area contributed by atoms with E-state index >= 15 is 0 Å². The minimum absolute atomic E-state index is 0.141. The van der Waals surface area contributed by atoms with Gasteiger partial charge in [0, 0.05) is 25.5 Å². The molecule has 0 aliphatic carbocycles. The highest BCUT2D eigenvalue weighted by atomic mass is 16.3. The van der Waals surface area contributed by atoms with Crippen LogP contribution in [0.2, 0.25) is 0 Å². The number of aromatic nitrogens is 2. The van der Waals surface area contributed by atoms with Crippen molar-refractivity contribution in [2.45, 2.75) is 19.4 Å². The van der Waals surface area contributed by atoms with Gasteiger partial charge in [0.05, 0.1) is 22.1 Å². The van der Waals surface area contributed by atoms with Crippen molar-refractivity contribution in [3.8, 4) is 0 Å². The number of nitrogens with one attached hydrogen (secondary N) is 2. The van der Waals surface area contributed by atoms with E-state index in [1.54, 1.807) is 0 Å². The molecule has 0 amide bonds. The molecule has 0 fully saturated rings. The number of anilines is 2. The Morgan fingerprint density at radius 3 is 2.56 bits per heavy atom. The van der Waals surface area contributed by atoms with Crippen molar-refractivity contribution < 1.29 is 5.11 Å². The lowest BCUT2D eigenvalue weighted by atomic mass is 10.0. The van der Waals surface area contributed by atoms with Gasteiger partial charge in [-0.2, -0.15) is 0 Å². The summed E-state index contributed by atoms with van der Waals surface area (Å²) in [6.07, 6.45) is 0. The Bertz CT molecular complexity index is 1040. The van der Waals surface area contributed by atoms with Crippen molar-refractivity contribution in [3.63, 3.8) is 0 Å². The quantitative estimate of drug-likeness (QED) is 0.654. The van der Waals surface area contributed by atoms with Crippen molar-refractivity contribution in [2.24, 2.45) is 0 Å². The van der Waals surface area contributed by atoms with Crippen LogP contribution in [-0.2, 0) is 0 Å². The number of H-pyrrole nitrogens is 1. The predicted octanol–water partition coefficient (Wildman–Crippen LogP) is 4.17. The van der Waals surface area contributed by atoms with Gasteiger partial charge in [0.25, 0.3) is 0 Å². The van der Waals surface area contributed by atoms with Crippen LogP contribution >= 0.6 is 0 Å². The van der Waals surface area contributed by atoms with Gasteiger partial charge >= 0.3 is 0 Å². The van der Waals surface area contributed by atoms with Crippen LogP contribution in [0.3, 0.4) is 0 Å². The van der Waals surface area contributed by atoms with Gasteiger partial charge in [0.15, 0.2) is 0 Å². The first kappa shape index (κ1) is 17.1. The fourth-order valence-electron chi connectivity index (χ4n) is 3.57. The van der Waals surface area contributed by atoms with E-state index in [0.29, 0.717) is 11.4 Å². The maximum absolute atomic E-state index is 11.0. The smallest absolute Gasteiger partial charge is 0.145 e. The number of nitrogens with zero attached hydrogens (tertiary/aromatic N) is 3. The van der Waals surface area contributed by atoms with E-state index in [4.69, 9.17) is 5.41 Å². The maximum Gasteiger partial charge on any atom is 0.145 e. The van der Waals surface area contributed by atoms with Gasteiger partial charge in [-0.3, -0.25) is 5.41 Å². The number of hydrogen-bond donors (Lipinski definition) is 3. The summed E-state index contributed by atoms with van der Waals surface area (Å²) in [5, 5.41) is 19.8. The van der Waals surface area contributed by atoms with E-state index < -0.39 is 5.54 Å². The van der Waals surface area contributed by atoms with Gasteiger partial charge < -0.3 is 19.9 Å². The monoisotopic (exact) mass is 361 g/mol. The zero-order valence-electron chi connectivity index (χ0n) is 15.9. The molecule has 2 aromatic carbocycles. The molecule has 4 rings (SSSR count). The third-order valence-corrected chi connectivity index (χ3v) is 5.07. The molecule has 138 valence electrons. The maximum atomic E-state index is 11.0. The van der Waals surface area contributed by atoms with Crippen LogP contribution in [0.15, 0.2) is 54.3 Å². The Balaban J connectivity index is 1.82. The van der Waals surface area contributed by atoms with Crippen LogP contribution in [0, 0.1) is 5.41 Å². The van der Waals surface area contributed by atoms with Gasteiger partial charge in [-0.1, -0.05) is 18.2 Å². The Morgan fingerprint density at radius 2 is 1.85 bits per heavy atom. The molecule has 1 aliphatic rings. The molecule has 0 radical (unpaired) electrons. The molecule has 0 saturated carbocycles. The second kappa shape index (κ2) is 5.87. The van der Waals surface area contributed by atoms with Gasteiger partial charge in [-0.05, 0) is 44.2 Å².